The van der Waals surface area contributed by atoms with Gasteiger partial charge in [-0.05, 0) is 56.8 Å². The summed E-state index contributed by atoms with van der Waals surface area (Å²) in [6.45, 7) is 7.95. The highest BCUT2D eigenvalue weighted by molar-refractivity contribution is 5.48. The zero-order chi connectivity index (χ0) is 12.3. The number of nitrogens with zero attached hydrogens (tertiary/aromatic N) is 1. The Bertz CT molecular complexity index is 373. The van der Waals surface area contributed by atoms with Crippen LogP contribution < -0.4 is 5.73 Å². The van der Waals surface area contributed by atoms with Crippen LogP contribution in [0.5, 0.6) is 0 Å². The maximum Gasteiger partial charge on any atom is 0.0359 e. The van der Waals surface area contributed by atoms with Crippen molar-refractivity contribution in [2.45, 2.75) is 39.7 Å². The summed E-state index contributed by atoms with van der Waals surface area (Å²) in [5.41, 5.74) is 9.58. The van der Waals surface area contributed by atoms with Gasteiger partial charge in [0.25, 0.3) is 0 Å². The first-order chi connectivity index (χ1) is 8.15. The molecule has 1 atom stereocenters. The van der Waals surface area contributed by atoms with Crippen LogP contribution in [0.3, 0.4) is 0 Å². The fourth-order valence-corrected chi connectivity index (χ4v) is 2.59. The van der Waals surface area contributed by atoms with Gasteiger partial charge in [0, 0.05) is 12.2 Å². The zero-order valence-electron chi connectivity index (χ0n) is 11.1. The van der Waals surface area contributed by atoms with Gasteiger partial charge in [0.1, 0.15) is 0 Å². The molecule has 1 saturated heterocycles. The van der Waals surface area contributed by atoms with Crippen molar-refractivity contribution in [2.75, 3.05) is 18.8 Å². The second-order valence-electron chi connectivity index (χ2n) is 5.51. The average Bonchev–Trinajstić information content (AvgIpc) is 2.49. The van der Waals surface area contributed by atoms with Crippen molar-refractivity contribution in [3.8, 4) is 0 Å². The van der Waals surface area contributed by atoms with Gasteiger partial charge in [0.05, 0.1) is 0 Å². The van der Waals surface area contributed by atoms with Crippen molar-refractivity contribution < 1.29 is 0 Å². The maximum atomic E-state index is 6.05. The molecule has 2 N–H and O–H groups in total. The first kappa shape index (κ1) is 12.4. The minimum atomic E-state index is 0.884. The summed E-state index contributed by atoms with van der Waals surface area (Å²) in [5, 5.41) is 0. The first-order valence-corrected chi connectivity index (χ1v) is 6.72. The third-order valence-electron chi connectivity index (χ3n) is 3.80. The van der Waals surface area contributed by atoms with Crippen LogP contribution in [-0.4, -0.2) is 18.0 Å². The zero-order valence-corrected chi connectivity index (χ0v) is 11.1. The Balaban J connectivity index is 2.02. The monoisotopic (exact) mass is 232 g/mol. The molecule has 1 aliphatic heterocycles. The van der Waals surface area contributed by atoms with Crippen LogP contribution in [0.4, 0.5) is 5.69 Å². The van der Waals surface area contributed by atoms with Crippen LogP contribution >= 0.6 is 0 Å². The number of aryl methyl sites for hydroxylation is 1. The summed E-state index contributed by atoms with van der Waals surface area (Å²) in [5.74, 6) is 0.884. The fraction of sp³-hybridized carbons (Fsp3) is 0.600. The Hall–Kier alpha value is -1.02. The second-order valence-corrected chi connectivity index (χ2v) is 5.51. The molecule has 2 nitrogen and oxygen atoms in total. The molecule has 1 aliphatic rings. The summed E-state index contributed by atoms with van der Waals surface area (Å²) in [6.07, 6.45) is 4.03. The predicted octanol–water partition coefficient (Wildman–Crippen LogP) is 3.20. The second kappa shape index (κ2) is 5.54. The van der Waals surface area contributed by atoms with Crippen molar-refractivity contribution in [3.05, 3.63) is 29.3 Å². The molecule has 2 heteroatoms. The summed E-state index contributed by atoms with van der Waals surface area (Å²) >= 11 is 0. The largest absolute Gasteiger partial charge is 0.398 e. The lowest BCUT2D eigenvalue weighted by Crippen LogP contribution is -2.24. The standard InChI is InChI=1S/C15H24N2/c1-12-4-3-8-17(9-7-12)11-14-10-13(2)5-6-15(14)16/h5-6,10,12H,3-4,7-9,11,16H2,1-2H3. The normalized spacial score (nSPS) is 22.4. The van der Waals surface area contributed by atoms with Gasteiger partial charge in [0.2, 0.25) is 0 Å². The number of anilines is 1. The fourth-order valence-electron chi connectivity index (χ4n) is 2.59. The molecule has 17 heavy (non-hydrogen) atoms. The van der Waals surface area contributed by atoms with Crippen LogP contribution in [0, 0.1) is 12.8 Å². The van der Waals surface area contributed by atoms with E-state index in [1.165, 1.54) is 43.5 Å². The highest BCUT2D eigenvalue weighted by Gasteiger charge is 2.14. The highest BCUT2D eigenvalue weighted by atomic mass is 15.1. The molecule has 0 spiro atoms. The molecule has 0 radical (unpaired) electrons. The Morgan fingerprint density at radius 2 is 2.12 bits per heavy atom. The Labute approximate surface area is 105 Å². The minimum Gasteiger partial charge on any atom is -0.398 e. The molecule has 0 aromatic heterocycles. The number of nitrogens with two attached hydrogens (primary N) is 1. The van der Waals surface area contributed by atoms with Gasteiger partial charge in [-0.25, -0.2) is 0 Å². The quantitative estimate of drug-likeness (QED) is 0.793. The number of rotatable bonds is 2. The lowest BCUT2D eigenvalue weighted by atomic mass is 10.0. The number of benzene rings is 1. The number of hydrogen-bond donors (Lipinski definition) is 1. The van der Waals surface area contributed by atoms with Crippen molar-refractivity contribution in [1.29, 1.82) is 0 Å². The molecule has 1 unspecified atom stereocenters. The molecule has 0 aliphatic carbocycles. The van der Waals surface area contributed by atoms with E-state index in [2.05, 4.69) is 30.9 Å². The summed E-state index contributed by atoms with van der Waals surface area (Å²) in [7, 11) is 0. The molecule has 94 valence electrons. The molecule has 1 fully saturated rings. The van der Waals surface area contributed by atoms with Crippen molar-refractivity contribution >= 4 is 5.69 Å². The smallest absolute Gasteiger partial charge is 0.0359 e. The predicted molar refractivity (Wildman–Crippen MR) is 73.9 cm³/mol. The lowest BCUT2D eigenvalue weighted by Gasteiger charge is -2.21. The number of likely N-dealkylation sites (tertiary alicyclic amines) is 1. The summed E-state index contributed by atoms with van der Waals surface area (Å²) < 4.78 is 0. The topological polar surface area (TPSA) is 29.3 Å². The molecule has 0 saturated carbocycles. The molecule has 0 bridgehead atoms. The van der Waals surface area contributed by atoms with Crippen LogP contribution in [-0.2, 0) is 6.54 Å². The van der Waals surface area contributed by atoms with E-state index in [4.69, 9.17) is 5.73 Å². The SMILES string of the molecule is Cc1ccc(N)c(CN2CCCC(C)CC2)c1. The van der Waals surface area contributed by atoms with Crippen LogP contribution in [0.25, 0.3) is 0 Å². The van der Waals surface area contributed by atoms with E-state index >= 15 is 0 Å². The molecular weight excluding hydrogens is 208 g/mol. The van der Waals surface area contributed by atoms with Gasteiger partial charge in [-0.3, -0.25) is 4.90 Å². The van der Waals surface area contributed by atoms with E-state index in [-0.39, 0.29) is 0 Å². The first-order valence-electron chi connectivity index (χ1n) is 6.72. The van der Waals surface area contributed by atoms with E-state index in [1.807, 2.05) is 6.07 Å². The Kier molecular flexibility index (Phi) is 4.06. The molecule has 1 aromatic rings. The Morgan fingerprint density at radius 1 is 1.29 bits per heavy atom. The van der Waals surface area contributed by atoms with E-state index in [0.29, 0.717) is 0 Å². The molecule has 1 aromatic carbocycles. The number of nitrogen functional groups attached to an aromatic ring is 1. The van der Waals surface area contributed by atoms with Gasteiger partial charge in [-0.1, -0.05) is 24.6 Å². The minimum absolute atomic E-state index is 0.884. The van der Waals surface area contributed by atoms with E-state index in [1.54, 1.807) is 0 Å². The van der Waals surface area contributed by atoms with Gasteiger partial charge >= 0.3 is 0 Å². The van der Waals surface area contributed by atoms with Crippen LogP contribution in [0.1, 0.15) is 37.3 Å². The van der Waals surface area contributed by atoms with Gasteiger partial charge in [-0.15, -0.1) is 0 Å². The van der Waals surface area contributed by atoms with Gasteiger partial charge in [0.15, 0.2) is 0 Å². The highest BCUT2D eigenvalue weighted by Crippen LogP contribution is 2.21. The van der Waals surface area contributed by atoms with Crippen molar-refractivity contribution in [2.24, 2.45) is 5.92 Å². The molecule has 0 amide bonds. The van der Waals surface area contributed by atoms with Crippen LogP contribution in [0.2, 0.25) is 0 Å². The van der Waals surface area contributed by atoms with E-state index in [9.17, 15) is 0 Å². The van der Waals surface area contributed by atoms with E-state index in [0.717, 1.165) is 18.2 Å². The maximum absolute atomic E-state index is 6.05. The van der Waals surface area contributed by atoms with Crippen molar-refractivity contribution in [3.63, 3.8) is 0 Å². The summed E-state index contributed by atoms with van der Waals surface area (Å²) in [6, 6.07) is 6.35. The molecule has 1 heterocycles. The molecular formula is C15H24N2. The average molecular weight is 232 g/mol. The van der Waals surface area contributed by atoms with Gasteiger partial charge in [-0.2, -0.15) is 0 Å². The van der Waals surface area contributed by atoms with E-state index < -0.39 is 0 Å². The molecule has 2 rings (SSSR count). The Morgan fingerprint density at radius 3 is 2.94 bits per heavy atom. The lowest BCUT2D eigenvalue weighted by molar-refractivity contribution is 0.274. The third-order valence-corrected chi connectivity index (χ3v) is 3.80. The summed E-state index contributed by atoms with van der Waals surface area (Å²) in [4.78, 5) is 2.55. The van der Waals surface area contributed by atoms with Crippen molar-refractivity contribution in [1.82, 2.24) is 4.90 Å². The van der Waals surface area contributed by atoms with Gasteiger partial charge < -0.3 is 5.73 Å². The van der Waals surface area contributed by atoms with Crippen LogP contribution in [0.15, 0.2) is 18.2 Å². The number of hydrogen-bond acceptors (Lipinski definition) is 2. The third kappa shape index (κ3) is 3.47.